The van der Waals surface area contributed by atoms with Crippen molar-refractivity contribution in [1.82, 2.24) is 0 Å². The zero-order valence-electron chi connectivity index (χ0n) is 7.76. The molecule has 0 radical (unpaired) electrons. The molecule has 86 valence electrons. The van der Waals surface area contributed by atoms with Gasteiger partial charge in [0.1, 0.15) is 0 Å². The van der Waals surface area contributed by atoms with Crippen molar-refractivity contribution in [3.05, 3.63) is 23.8 Å². The summed E-state index contributed by atoms with van der Waals surface area (Å²) in [5, 5.41) is 0. The quantitative estimate of drug-likeness (QED) is 0.619. The molecule has 0 saturated heterocycles. The van der Waals surface area contributed by atoms with Gasteiger partial charge in [-0.2, -0.15) is 0 Å². The van der Waals surface area contributed by atoms with Gasteiger partial charge in [0.2, 0.25) is 0 Å². The number of nitrogens with two attached hydrogens (primary N) is 1. The largest absolute Gasteiger partial charge is 0.573 e. The molecule has 0 aliphatic carbocycles. The summed E-state index contributed by atoms with van der Waals surface area (Å²) in [6.07, 6.45) is -4.71. The van der Waals surface area contributed by atoms with Gasteiger partial charge >= 0.3 is 6.36 Å². The molecule has 3 N–H and O–H groups in total. The molecule has 0 atom stereocenters. The van der Waals surface area contributed by atoms with Gasteiger partial charge in [0, 0.05) is 0 Å². The number of ether oxygens (including phenoxy) is 1. The van der Waals surface area contributed by atoms with E-state index in [1.807, 2.05) is 0 Å². The third kappa shape index (κ3) is 3.85. The Morgan fingerprint density at radius 2 is 1.93 bits per heavy atom. The fourth-order valence-corrected chi connectivity index (χ4v) is 1.04. The van der Waals surface area contributed by atoms with E-state index in [1.165, 1.54) is 12.1 Å². The van der Waals surface area contributed by atoms with E-state index < -0.39 is 6.36 Å². The molecule has 0 spiro atoms. The number of alkyl halides is 3. The SMILES string of the molecule is Cc1cccc(OC(F)(F)F)c1NN.Cl. The number of para-hydroxylation sites is 1. The molecule has 0 heterocycles. The standard InChI is InChI=1S/C8H9F3N2O.ClH/c1-5-3-2-4-6(7(5)13-12)14-8(9,10)11;/h2-4,13H,12H2,1H3;1H. The molecular weight excluding hydrogens is 233 g/mol. The van der Waals surface area contributed by atoms with Crippen molar-refractivity contribution in [2.75, 3.05) is 5.43 Å². The Bertz CT molecular complexity index is 330. The molecule has 1 rings (SSSR count). The second-order valence-electron chi connectivity index (χ2n) is 2.64. The zero-order valence-corrected chi connectivity index (χ0v) is 8.58. The van der Waals surface area contributed by atoms with Crippen molar-refractivity contribution in [1.29, 1.82) is 0 Å². The highest BCUT2D eigenvalue weighted by Crippen LogP contribution is 2.31. The third-order valence-electron chi connectivity index (χ3n) is 1.60. The first kappa shape index (κ1) is 13.9. The van der Waals surface area contributed by atoms with Crippen LogP contribution in [-0.2, 0) is 0 Å². The average Bonchev–Trinajstić information content (AvgIpc) is 2.01. The molecule has 0 aromatic heterocycles. The van der Waals surface area contributed by atoms with Crippen molar-refractivity contribution >= 4 is 18.1 Å². The zero-order chi connectivity index (χ0) is 10.8. The molecule has 0 aliphatic rings. The number of anilines is 1. The molecule has 7 heteroatoms. The van der Waals surface area contributed by atoms with E-state index in [0.29, 0.717) is 5.56 Å². The first-order valence-electron chi connectivity index (χ1n) is 3.76. The van der Waals surface area contributed by atoms with Gasteiger partial charge in [-0.1, -0.05) is 12.1 Å². The highest BCUT2D eigenvalue weighted by molar-refractivity contribution is 5.85. The summed E-state index contributed by atoms with van der Waals surface area (Å²) in [4.78, 5) is 0. The van der Waals surface area contributed by atoms with Gasteiger partial charge in [-0.25, -0.2) is 0 Å². The van der Waals surface area contributed by atoms with Gasteiger partial charge in [-0.3, -0.25) is 5.84 Å². The number of aryl methyl sites for hydroxylation is 1. The number of hydrogen-bond acceptors (Lipinski definition) is 3. The monoisotopic (exact) mass is 242 g/mol. The van der Waals surface area contributed by atoms with Crippen LogP contribution in [0.15, 0.2) is 18.2 Å². The van der Waals surface area contributed by atoms with Crippen LogP contribution in [0.5, 0.6) is 5.75 Å². The number of nitrogen functional groups attached to an aromatic ring is 1. The van der Waals surface area contributed by atoms with Crippen molar-refractivity contribution in [3.63, 3.8) is 0 Å². The Balaban J connectivity index is 0.00000196. The van der Waals surface area contributed by atoms with Gasteiger partial charge in [0.05, 0.1) is 5.69 Å². The highest BCUT2D eigenvalue weighted by atomic mass is 35.5. The average molecular weight is 243 g/mol. The number of benzene rings is 1. The van der Waals surface area contributed by atoms with Crippen molar-refractivity contribution in [3.8, 4) is 5.75 Å². The number of rotatable bonds is 2. The van der Waals surface area contributed by atoms with Gasteiger partial charge in [0.15, 0.2) is 5.75 Å². The maximum atomic E-state index is 11.9. The van der Waals surface area contributed by atoms with E-state index in [9.17, 15) is 13.2 Å². The Kier molecular flexibility index (Phi) is 4.70. The molecule has 0 aliphatic heterocycles. The van der Waals surface area contributed by atoms with Crippen LogP contribution >= 0.6 is 12.4 Å². The van der Waals surface area contributed by atoms with E-state index in [0.717, 1.165) is 0 Å². The predicted octanol–water partition coefficient (Wildman–Crippen LogP) is 2.60. The molecule has 0 unspecified atom stereocenters. The van der Waals surface area contributed by atoms with Crippen LogP contribution in [-0.4, -0.2) is 6.36 Å². The molecule has 15 heavy (non-hydrogen) atoms. The molecule has 1 aromatic rings. The number of hydrogen-bond donors (Lipinski definition) is 2. The van der Waals surface area contributed by atoms with Gasteiger partial charge in [0.25, 0.3) is 0 Å². The summed E-state index contributed by atoms with van der Waals surface area (Å²) >= 11 is 0. The summed E-state index contributed by atoms with van der Waals surface area (Å²) in [5.74, 6) is 4.74. The van der Waals surface area contributed by atoms with Crippen LogP contribution in [0.3, 0.4) is 0 Å². The Labute approximate surface area is 90.8 Å². The minimum atomic E-state index is -4.71. The molecule has 3 nitrogen and oxygen atoms in total. The first-order valence-corrected chi connectivity index (χ1v) is 3.76. The summed E-state index contributed by atoms with van der Waals surface area (Å²) in [7, 11) is 0. The lowest BCUT2D eigenvalue weighted by molar-refractivity contribution is -0.274. The molecule has 0 bridgehead atoms. The minimum Gasteiger partial charge on any atom is -0.404 e. The maximum absolute atomic E-state index is 11.9. The summed E-state index contributed by atoms with van der Waals surface area (Å²) in [6.45, 7) is 1.62. The number of nitrogens with one attached hydrogen (secondary N) is 1. The molecule has 0 amide bonds. The Morgan fingerprint density at radius 1 is 1.33 bits per heavy atom. The molecule has 0 fully saturated rings. The first-order chi connectivity index (χ1) is 6.44. The fraction of sp³-hybridized carbons (Fsp3) is 0.250. The van der Waals surface area contributed by atoms with E-state index >= 15 is 0 Å². The van der Waals surface area contributed by atoms with Crippen molar-refractivity contribution < 1.29 is 17.9 Å². The lowest BCUT2D eigenvalue weighted by atomic mass is 10.2. The van der Waals surface area contributed by atoms with Gasteiger partial charge in [-0.15, -0.1) is 25.6 Å². The van der Waals surface area contributed by atoms with Crippen LogP contribution in [0.2, 0.25) is 0 Å². The van der Waals surface area contributed by atoms with E-state index in [1.54, 1.807) is 13.0 Å². The van der Waals surface area contributed by atoms with Crippen LogP contribution < -0.4 is 16.0 Å². The summed E-state index contributed by atoms with van der Waals surface area (Å²) in [5.41, 5.74) is 2.87. The van der Waals surface area contributed by atoms with Crippen LogP contribution in [0.25, 0.3) is 0 Å². The molecular formula is C8H10ClF3N2O. The summed E-state index contributed by atoms with van der Waals surface area (Å²) in [6, 6.07) is 4.27. The Hall–Kier alpha value is -1.14. The lowest BCUT2D eigenvalue weighted by Crippen LogP contribution is -2.19. The lowest BCUT2D eigenvalue weighted by Gasteiger charge is -2.14. The normalized spacial score (nSPS) is 10.5. The van der Waals surface area contributed by atoms with E-state index in [2.05, 4.69) is 10.2 Å². The fourth-order valence-electron chi connectivity index (χ4n) is 1.04. The van der Waals surface area contributed by atoms with E-state index in [4.69, 9.17) is 5.84 Å². The maximum Gasteiger partial charge on any atom is 0.573 e. The second-order valence-corrected chi connectivity index (χ2v) is 2.64. The highest BCUT2D eigenvalue weighted by Gasteiger charge is 2.32. The van der Waals surface area contributed by atoms with Crippen molar-refractivity contribution in [2.24, 2.45) is 5.84 Å². The van der Waals surface area contributed by atoms with Crippen molar-refractivity contribution in [2.45, 2.75) is 13.3 Å². The number of halogens is 4. The van der Waals surface area contributed by atoms with E-state index in [-0.39, 0.29) is 23.8 Å². The molecule has 0 saturated carbocycles. The second kappa shape index (κ2) is 5.09. The predicted molar refractivity (Wildman–Crippen MR) is 52.9 cm³/mol. The van der Waals surface area contributed by atoms with Crippen LogP contribution in [0.1, 0.15) is 5.56 Å². The Morgan fingerprint density at radius 3 is 2.40 bits per heavy atom. The molecule has 1 aromatic carbocycles. The van der Waals surface area contributed by atoms with Crippen LogP contribution in [0.4, 0.5) is 18.9 Å². The smallest absolute Gasteiger partial charge is 0.404 e. The van der Waals surface area contributed by atoms with Crippen LogP contribution in [0, 0.1) is 6.92 Å². The topological polar surface area (TPSA) is 47.3 Å². The number of hydrazine groups is 1. The van der Waals surface area contributed by atoms with Gasteiger partial charge in [-0.05, 0) is 18.6 Å². The summed E-state index contributed by atoms with van der Waals surface area (Å²) < 4.78 is 39.5. The third-order valence-corrected chi connectivity index (χ3v) is 1.60. The minimum absolute atomic E-state index is 0. The van der Waals surface area contributed by atoms with Gasteiger partial charge < -0.3 is 10.2 Å².